The summed E-state index contributed by atoms with van der Waals surface area (Å²) < 4.78 is 12.8. The Morgan fingerprint density at radius 2 is 2.00 bits per heavy atom. The number of rotatable bonds is 2. The largest absolute Gasteiger partial charge is 0.328 e. The minimum Gasteiger partial charge on any atom is -0.328 e. The average Bonchev–Trinajstić information content (AvgIpc) is 3.12. The van der Waals surface area contributed by atoms with Gasteiger partial charge >= 0.3 is 0 Å². The Bertz CT molecular complexity index is 549. The third-order valence-corrected chi connectivity index (χ3v) is 3.30. The van der Waals surface area contributed by atoms with E-state index in [4.69, 9.17) is 12.2 Å². The van der Waals surface area contributed by atoms with E-state index in [-0.39, 0.29) is 17.8 Å². The molecule has 1 saturated carbocycles. The summed E-state index contributed by atoms with van der Waals surface area (Å²) >= 11 is 5.14. The lowest BCUT2D eigenvalue weighted by Gasteiger charge is -2.11. The second-order valence-corrected chi connectivity index (χ2v) is 4.83. The van der Waals surface area contributed by atoms with E-state index in [9.17, 15) is 9.18 Å². The van der Waals surface area contributed by atoms with Gasteiger partial charge in [0.2, 0.25) is 0 Å². The van der Waals surface area contributed by atoms with Crippen LogP contribution >= 0.6 is 12.2 Å². The van der Waals surface area contributed by atoms with Crippen LogP contribution in [-0.2, 0) is 4.79 Å². The molecule has 1 heterocycles. The SMILES string of the molecule is O=C1/C(=C/c2ccc(F)cc2)NC(=S)N1C1CC1. The molecule has 18 heavy (non-hydrogen) atoms. The molecule has 1 amide bonds. The van der Waals surface area contributed by atoms with Crippen LogP contribution in [0.2, 0.25) is 0 Å². The lowest BCUT2D eigenvalue weighted by molar-refractivity contribution is -0.122. The molecule has 2 fully saturated rings. The fraction of sp³-hybridized carbons (Fsp3) is 0.231. The molecule has 0 spiro atoms. The van der Waals surface area contributed by atoms with Gasteiger partial charge in [0.15, 0.2) is 5.11 Å². The molecule has 1 aromatic carbocycles. The molecule has 3 nitrogen and oxygen atoms in total. The highest BCUT2D eigenvalue weighted by atomic mass is 32.1. The summed E-state index contributed by atoms with van der Waals surface area (Å²) in [4.78, 5) is 13.7. The van der Waals surface area contributed by atoms with E-state index in [1.54, 1.807) is 23.1 Å². The van der Waals surface area contributed by atoms with Crippen LogP contribution in [-0.4, -0.2) is 22.0 Å². The molecule has 1 saturated heterocycles. The molecule has 0 unspecified atom stereocenters. The molecule has 1 N–H and O–H groups in total. The van der Waals surface area contributed by atoms with Crippen LogP contribution in [0.5, 0.6) is 0 Å². The third-order valence-electron chi connectivity index (χ3n) is 3.00. The number of nitrogens with zero attached hydrogens (tertiary/aromatic N) is 1. The first-order chi connectivity index (χ1) is 8.65. The van der Waals surface area contributed by atoms with Gasteiger partial charge in [-0.25, -0.2) is 4.39 Å². The van der Waals surface area contributed by atoms with Gasteiger partial charge in [-0.05, 0) is 48.8 Å². The van der Waals surface area contributed by atoms with Crippen molar-refractivity contribution in [2.45, 2.75) is 18.9 Å². The summed E-state index contributed by atoms with van der Waals surface area (Å²) in [6, 6.07) is 6.24. The fourth-order valence-corrected chi connectivity index (χ4v) is 2.28. The zero-order chi connectivity index (χ0) is 12.7. The summed E-state index contributed by atoms with van der Waals surface area (Å²) in [7, 11) is 0. The van der Waals surface area contributed by atoms with Crippen LogP contribution < -0.4 is 5.32 Å². The van der Waals surface area contributed by atoms with Crippen molar-refractivity contribution < 1.29 is 9.18 Å². The zero-order valence-corrected chi connectivity index (χ0v) is 10.3. The Labute approximate surface area is 109 Å². The van der Waals surface area contributed by atoms with Gasteiger partial charge in [-0.2, -0.15) is 0 Å². The van der Waals surface area contributed by atoms with Crippen molar-refractivity contribution in [3.05, 3.63) is 41.3 Å². The first-order valence-electron chi connectivity index (χ1n) is 5.77. The zero-order valence-electron chi connectivity index (χ0n) is 9.52. The number of hydrogen-bond donors (Lipinski definition) is 1. The summed E-state index contributed by atoms with van der Waals surface area (Å²) in [6.45, 7) is 0. The molecule has 1 aromatic rings. The van der Waals surface area contributed by atoms with Crippen LogP contribution in [0, 0.1) is 5.82 Å². The number of carbonyl (C=O) groups is 1. The molecule has 1 aliphatic heterocycles. The molecule has 92 valence electrons. The smallest absolute Gasteiger partial charge is 0.276 e. The summed E-state index contributed by atoms with van der Waals surface area (Å²) in [5.41, 5.74) is 1.23. The van der Waals surface area contributed by atoms with Crippen LogP contribution in [0.4, 0.5) is 4.39 Å². The predicted octanol–water partition coefficient (Wildman–Crippen LogP) is 2.05. The minimum atomic E-state index is -0.294. The maximum absolute atomic E-state index is 12.8. The van der Waals surface area contributed by atoms with Gasteiger partial charge < -0.3 is 5.32 Å². The van der Waals surface area contributed by atoms with E-state index in [2.05, 4.69) is 5.32 Å². The van der Waals surface area contributed by atoms with Crippen molar-refractivity contribution in [2.24, 2.45) is 0 Å². The Kier molecular flexibility index (Phi) is 2.63. The van der Waals surface area contributed by atoms with Crippen molar-refractivity contribution in [2.75, 3.05) is 0 Å². The molecular weight excluding hydrogens is 251 g/mol. The van der Waals surface area contributed by atoms with Gasteiger partial charge in [0.25, 0.3) is 5.91 Å². The van der Waals surface area contributed by atoms with E-state index in [0.29, 0.717) is 10.8 Å². The molecular formula is C13H11FN2OS. The first kappa shape index (κ1) is 11.3. The Hall–Kier alpha value is -1.75. The van der Waals surface area contributed by atoms with Gasteiger partial charge in [0, 0.05) is 6.04 Å². The lowest BCUT2D eigenvalue weighted by atomic mass is 10.2. The number of carbonyl (C=O) groups excluding carboxylic acids is 1. The molecule has 0 radical (unpaired) electrons. The number of hydrogen-bond acceptors (Lipinski definition) is 2. The highest BCUT2D eigenvalue weighted by molar-refractivity contribution is 7.80. The van der Waals surface area contributed by atoms with Crippen LogP contribution in [0.1, 0.15) is 18.4 Å². The van der Waals surface area contributed by atoms with Crippen molar-refractivity contribution >= 4 is 29.3 Å². The van der Waals surface area contributed by atoms with Crippen molar-refractivity contribution in [3.63, 3.8) is 0 Å². The van der Waals surface area contributed by atoms with Crippen molar-refractivity contribution in [3.8, 4) is 0 Å². The van der Waals surface area contributed by atoms with Gasteiger partial charge in [-0.1, -0.05) is 12.1 Å². The maximum Gasteiger partial charge on any atom is 0.276 e. The Morgan fingerprint density at radius 1 is 1.33 bits per heavy atom. The van der Waals surface area contributed by atoms with E-state index in [1.807, 2.05) is 0 Å². The van der Waals surface area contributed by atoms with Crippen LogP contribution in [0.25, 0.3) is 6.08 Å². The van der Waals surface area contributed by atoms with Crippen molar-refractivity contribution in [1.29, 1.82) is 0 Å². The standard InChI is InChI=1S/C13H11FN2OS/c14-9-3-1-8(2-4-9)7-11-12(17)16(10-5-6-10)13(18)15-11/h1-4,7,10H,5-6H2,(H,15,18)/b11-7-. The molecule has 5 heteroatoms. The van der Waals surface area contributed by atoms with Crippen LogP contribution in [0.15, 0.2) is 30.0 Å². The van der Waals surface area contributed by atoms with Gasteiger partial charge in [0.1, 0.15) is 11.5 Å². The normalized spacial score (nSPS) is 21.6. The molecule has 3 rings (SSSR count). The Balaban J connectivity index is 1.86. The summed E-state index contributed by atoms with van der Waals surface area (Å²) in [6.07, 6.45) is 3.71. The number of benzene rings is 1. The Morgan fingerprint density at radius 3 is 2.61 bits per heavy atom. The minimum absolute atomic E-state index is 0.0909. The first-order valence-corrected chi connectivity index (χ1v) is 6.18. The number of amides is 1. The van der Waals surface area contributed by atoms with Crippen molar-refractivity contribution in [1.82, 2.24) is 10.2 Å². The monoisotopic (exact) mass is 262 g/mol. The van der Waals surface area contributed by atoms with Gasteiger partial charge in [-0.3, -0.25) is 9.69 Å². The van der Waals surface area contributed by atoms with E-state index in [0.717, 1.165) is 18.4 Å². The molecule has 0 aromatic heterocycles. The summed E-state index contributed by atoms with van der Waals surface area (Å²) in [5.74, 6) is -0.384. The average molecular weight is 262 g/mol. The summed E-state index contributed by atoms with van der Waals surface area (Å²) in [5, 5.41) is 3.38. The molecule has 2 aliphatic rings. The number of nitrogens with one attached hydrogen (secondary N) is 1. The molecule has 0 atom stereocenters. The predicted molar refractivity (Wildman–Crippen MR) is 70.0 cm³/mol. The maximum atomic E-state index is 12.8. The van der Waals surface area contributed by atoms with E-state index in [1.165, 1.54) is 12.1 Å². The molecule has 1 aliphatic carbocycles. The number of halogens is 1. The number of thiocarbonyl (C=S) groups is 1. The van der Waals surface area contributed by atoms with Crippen LogP contribution in [0.3, 0.4) is 0 Å². The second-order valence-electron chi connectivity index (χ2n) is 4.45. The van der Waals surface area contributed by atoms with E-state index < -0.39 is 0 Å². The highest BCUT2D eigenvalue weighted by Crippen LogP contribution is 2.30. The van der Waals surface area contributed by atoms with Gasteiger partial charge in [-0.15, -0.1) is 0 Å². The molecule has 0 bridgehead atoms. The van der Waals surface area contributed by atoms with Gasteiger partial charge in [0.05, 0.1) is 0 Å². The lowest BCUT2D eigenvalue weighted by Crippen LogP contribution is -2.32. The topological polar surface area (TPSA) is 32.3 Å². The highest BCUT2D eigenvalue weighted by Gasteiger charge is 2.41. The van der Waals surface area contributed by atoms with E-state index >= 15 is 0 Å². The quantitative estimate of drug-likeness (QED) is 0.654. The second kappa shape index (κ2) is 4.17. The third kappa shape index (κ3) is 2.01. The fourth-order valence-electron chi connectivity index (χ4n) is 1.94.